The van der Waals surface area contributed by atoms with E-state index in [1.165, 1.54) is 37.0 Å². The Bertz CT molecular complexity index is 425. The summed E-state index contributed by atoms with van der Waals surface area (Å²) in [4.78, 5) is 16.1. The van der Waals surface area contributed by atoms with Crippen LogP contribution in [0.3, 0.4) is 0 Å². The SMILES string of the molecule is CCOC1(c2nc(C(=O)CCl)cs2)CCCCCC1. The Morgan fingerprint density at radius 1 is 1.42 bits per heavy atom. The Morgan fingerprint density at radius 3 is 2.68 bits per heavy atom. The third-order valence-electron chi connectivity index (χ3n) is 3.63. The number of hydrogen-bond donors (Lipinski definition) is 0. The molecule has 0 unspecified atom stereocenters. The molecule has 0 N–H and O–H groups in total. The van der Waals surface area contributed by atoms with Crippen LogP contribution in [0.5, 0.6) is 0 Å². The van der Waals surface area contributed by atoms with Gasteiger partial charge in [-0.3, -0.25) is 4.79 Å². The molecule has 1 heterocycles. The molecule has 1 aliphatic carbocycles. The van der Waals surface area contributed by atoms with Crippen LogP contribution in [0.2, 0.25) is 0 Å². The molecule has 0 atom stereocenters. The quantitative estimate of drug-likeness (QED) is 0.466. The number of hydrogen-bond acceptors (Lipinski definition) is 4. The number of ether oxygens (including phenoxy) is 1. The monoisotopic (exact) mass is 301 g/mol. The summed E-state index contributed by atoms with van der Waals surface area (Å²) in [6.07, 6.45) is 6.85. The van der Waals surface area contributed by atoms with Crippen molar-refractivity contribution < 1.29 is 9.53 Å². The molecule has 1 fully saturated rings. The summed E-state index contributed by atoms with van der Waals surface area (Å²) in [6, 6.07) is 0. The van der Waals surface area contributed by atoms with Crippen LogP contribution in [0, 0.1) is 0 Å². The summed E-state index contributed by atoms with van der Waals surface area (Å²) >= 11 is 7.12. The Kier molecular flexibility index (Phi) is 5.37. The van der Waals surface area contributed by atoms with E-state index in [0.717, 1.165) is 17.8 Å². The standard InChI is InChI=1S/C14H20ClNO2S/c1-2-18-14(7-5-3-4-6-8-14)13-16-11(10-19-13)12(17)9-15/h10H,2-9H2,1H3. The normalized spacial score (nSPS) is 19.1. The average molecular weight is 302 g/mol. The number of carbonyl (C=O) groups is 1. The Morgan fingerprint density at radius 2 is 2.11 bits per heavy atom. The summed E-state index contributed by atoms with van der Waals surface area (Å²) in [6.45, 7) is 2.70. The fourth-order valence-electron chi connectivity index (χ4n) is 2.68. The van der Waals surface area contributed by atoms with Gasteiger partial charge in [0.1, 0.15) is 16.3 Å². The van der Waals surface area contributed by atoms with Crippen molar-refractivity contribution in [3.05, 3.63) is 16.1 Å². The number of Topliss-reactive ketones (excluding diaryl/α,β-unsaturated/α-hetero) is 1. The zero-order chi connectivity index (χ0) is 13.7. The highest BCUT2D eigenvalue weighted by atomic mass is 35.5. The van der Waals surface area contributed by atoms with Gasteiger partial charge in [-0.25, -0.2) is 4.98 Å². The van der Waals surface area contributed by atoms with E-state index >= 15 is 0 Å². The second kappa shape index (κ2) is 6.82. The number of ketones is 1. The number of aromatic nitrogens is 1. The van der Waals surface area contributed by atoms with Gasteiger partial charge in [0.25, 0.3) is 0 Å². The first kappa shape index (κ1) is 14.9. The third kappa shape index (κ3) is 3.36. The molecule has 1 saturated carbocycles. The molecule has 0 amide bonds. The minimum atomic E-state index is -0.277. The summed E-state index contributed by atoms with van der Waals surface area (Å²) in [5, 5.41) is 2.76. The highest BCUT2D eigenvalue weighted by molar-refractivity contribution is 7.10. The lowest BCUT2D eigenvalue weighted by Gasteiger charge is -2.30. The van der Waals surface area contributed by atoms with Crippen LogP contribution < -0.4 is 0 Å². The fourth-order valence-corrected chi connectivity index (χ4v) is 3.85. The number of carbonyl (C=O) groups excluding carboxylic acids is 1. The van der Waals surface area contributed by atoms with Crippen molar-refractivity contribution in [3.63, 3.8) is 0 Å². The van der Waals surface area contributed by atoms with E-state index in [1.807, 2.05) is 12.3 Å². The van der Waals surface area contributed by atoms with E-state index in [4.69, 9.17) is 16.3 Å². The van der Waals surface area contributed by atoms with Gasteiger partial charge in [0.05, 0.1) is 5.88 Å². The molecule has 5 heteroatoms. The number of alkyl halides is 1. The summed E-state index contributed by atoms with van der Waals surface area (Å²) in [7, 11) is 0. The van der Waals surface area contributed by atoms with Gasteiger partial charge < -0.3 is 4.74 Å². The Labute approximate surface area is 123 Å². The number of thiazole rings is 1. The predicted molar refractivity (Wildman–Crippen MR) is 78.2 cm³/mol. The first-order valence-corrected chi connectivity index (χ1v) is 8.32. The van der Waals surface area contributed by atoms with Gasteiger partial charge in [-0.1, -0.05) is 25.7 Å². The maximum Gasteiger partial charge on any atom is 0.196 e. The van der Waals surface area contributed by atoms with Crippen molar-refractivity contribution in [2.75, 3.05) is 12.5 Å². The van der Waals surface area contributed by atoms with Crippen molar-refractivity contribution in [2.24, 2.45) is 0 Å². The van der Waals surface area contributed by atoms with E-state index in [0.29, 0.717) is 12.3 Å². The van der Waals surface area contributed by atoms with Crippen LogP contribution in [-0.4, -0.2) is 23.3 Å². The minimum Gasteiger partial charge on any atom is -0.368 e. The van der Waals surface area contributed by atoms with Crippen LogP contribution in [0.4, 0.5) is 0 Å². The van der Waals surface area contributed by atoms with Gasteiger partial charge in [-0.05, 0) is 19.8 Å². The predicted octanol–water partition coefficient (Wildman–Crippen LogP) is 4.15. The number of halogens is 1. The molecule has 0 saturated heterocycles. The maximum absolute atomic E-state index is 11.6. The van der Waals surface area contributed by atoms with E-state index in [9.17, 15) is 4.79 Å². The van der Waals surface area contributed by atoms with Gasteiger partial charge in [0.2, 0.25) is 0 Å². The molecule has 1 aliphatic rings. The van der Waals surface area contributed by atoms with E-state index in [-0.39, 0.29) is 17.3 Å². The van der Waals surface area contributed by atoms with Crippen molar-refractivity contribution in [3.8, 4) is 0 Å². The van der Waals surface area contributed by atoms with Gasteiger partial charge >= 0.3 is 0 Å². The zero-order valence-corrected chi connectivity index (χ0v) is 12.9. The van der Waals surface area contributed by atoms with Gasteiger partial charge in [-0.15, -0.1) is 22.9 Å². The number of rotatable bonds is 5. The molecule has 19 heavy (non-hydrogen) atoms. The first-order valence-electron chi connectivity index (χ1n) is 6.91. The molecular formula is C14H20ClNO2S. The van der Waals surface area contributed by atoms with Crippen molar-refractivity contribution >= 4 is 28.7 Å². The van der Waals surface area contributed by atoms with Crippen LogP contribution in [0.25, 0.3) is 0 Å². The zero-order valence-electron chi connectivity index (χ0n) is 11.3. The molecule has 3 nitrogen and oxygen atoms in total. The summed E-state index contributed by atoms with van der Waals surface area (Å²) < 4.78 is 6.07. The molecule has 2 rings (SSSR count). The third-order valence-corrected chi connectivity index (χ3v) is 4.90. The van der Waals surface area contributed by atoms with Gasteiger partial charge in [0, 0.05) is 12.0 Å². The van der Waals surface area contributed by atoms with E-state index in [1.54, 1.807) is 0 Å². The first-order chi connectivity index (χ1) is 9.22. The largest absolute Gasteiger partial charge is 0.368 e. The smallest absolute Gasteiger partial charge is 0.196 e. The molecule has 1 aromatic heterocycles. The van der Waals surface area contributed by atoms with Gasteiger partial charge in [0.15, 0.2) is 5.78 Å². The summed E-state index contributed by atoms with van der Waals surface area (Å²) in [5.41, 5.74) is 0.208. The van der Waals surface area contributed by atoms with Crippen molar-refractivity contribution in [2.45, 2.75) is 51.0 Å². The van der Waals surface area contributed by atoms with E-state index in [2.05, 4.69) is 4.98 Å². The van der Waals surface area contributed by atoms with Crippen LogP contribution in [0.15, 0.2) is 5.38 Å². The van der Waals surface area contributed by atoms with Crippen molar-refractivity contribution in [1.82, 2.24) is 4.98 Å². The second-order valence-corrected chi connectivity index (χ2v) is 6.06. The highest BCUT2D eigenvalue weighted by Crippen LogP contribution is 2.40. The average Bonchev–Trinajstić information content (AvgIpc) is 2.81. The molecule has 1 aromatic rings. The Balaban J connectivity index is 2.27. The van der Waals surface area contributed by atoms with Crippen LogP contribution in [-0.2, 0) is 10.3 Å². The molecule has 0 radical (unpaired) electrons. The van der Waals surface area contributed by atoms with Crippen LogP contribution in [0.1, 0.15) is 60.9 Å². The van der Waals surface area contributed by atoms with Crippen LogP contribution >= 0.6 is 22.9 Å². The highest BCUT2D eigenvalue weighted by Gasteiger charge is 2.36. The summed E-state index contributed by atoms with van der Waals surface area (Å²) in [5.74, 6) is -0.116. The fraction of sp³-hybridized carbons (Fsp3) is 0.714. The minimum absolute atomic E-state index is 0.00912. The lowest BCUT2D eigenvalue weighted by molar-refractivity contribution is -0.0560. The maximum atomic E-state index is 11.6. The number of nitrogens with zero attached hydrogens (tertiary/aromatic N) is 1. The molecule has 0 aliphatic heterocycles. The molecule has 0 bridgehead atoms. The molecule has 0 spiro atoms. The lowest BCUT2D eigenvalue weighted by atomic mass is 9.95. The Hall–Kier alpha value is -0.450. The second-order valence-electron chi connectivity index (χ2n) is 4.94. The van der Waals surface area contributed by atoms with Gasteiger partial charge in [-0.2, -0.15) is 0 Å². The lowest BCUT2D eigenvalue weighted by Crippen LogP contribution is -2.29. The van der Waals surface area contributed by atoms with Crippen molar-refractivity contribution in [1.29, 1.82) is 0 Å². The topological polar surface area (TPSA) is 39.2 Å². The van der Waals surface area contributed by atoms with E-state index < -0.39 is 0 Å². The molecular weight excluding hydrogens is 282 g/mol. The molecule has 106 valence electrons. The molecule has 0 aromatic carbocycles.